The Kier molecular flexibility index (Phi) is 3.53. The van der Waals surface area contributed by atoms with Gasteiger partial charge in [-0.2, -0.15) is 0 Å². The molecule has 2 aliphatic heterocycles. The van der Waals surface area contributed by atoms with Crippen LogP contribution in [-0.4, -0.2) is 20.9 Å². The van der Waals surface area contributed by atoms with Crippen LogP contribution in [0.3, 0.4) is 0 Å². The van der Waals surface area contributed by atoms with Crippen LogP contribution in [0.25, 0.3) is 38.8 Å². The van der Waals surface area contributed by atoms with Gasteiger partial charge in [-0.1, -0.05) is 36.4 Å². The van der Waals surface area contributed by atoms with Gasteiger partial charge in [0.2, 0.25) is 0 Å². The molecule has 0 saturated carbocycles. The largest absolute Gasteiger partial charge is 0.339 e. The van der Waals surface area contributed by atoms with Crippen LogP contribution < -0.4 is 11.2 Å². The lowest BCUT2D eigenvalue weighted by Gasteiger charge is -2.17. The van der Waals surface area contributed by atoms with E-state index in [2.05, 4.69) is 32.7 Å². The summed E-state index contributed by atoms with van der Waals surface area (Å²) in [6.45, 7) is 0.713. The zero-order chi connectivity index (χ0) is 20.4. The molecular formula is C23H18N4O3. The fourth-order valence-electron chi connectivity index (χ4n) is 4.83. The number of amides is 2. The number of fused-ring (bicyclic) bond motifs is 7. The van der Waals surface area contributed by atoms with Crippen LogP contribution in [-0.2, 0) is 21.0 Å². The van der Waals surface area contributed by atoms with Crippen LogP contribution >= 0.6 is 0 Å². The van der Waals surface area contributed by atoms with Crippen LogP contribution in [0.2, 0.25) is 0 Å². The predicted molar refractivity (Wildman–Crippen MR) is 113 cm³/mol. The second-order valence-corrected chi connectivity index (χ2v) is 7.61. The second-order valence-electron chi connectivity index (χ2n) is 7.61. The molecule has 0 bridgehead atoms. The first kappa shape index (κ1) is 17.2. The van der Waals surface area contributed by atoms with Crippen LogP contribution in [0.5, 0.6) is 0 Å². The molecule has 0 aliphatic carbocycles. The summed E-state index contributed by atoms with van der Waals surface area (Å²) in [4.78, 5) is 30.0. The van der Waals surface area contributed by atoms with Crippen molar-refractivity contribution in [2.45, 2.75) is 19.2 Å². The van der Waals surface area contributed by atoms with Gasteiger partial charge in [-0.3, -0.25) is 19.7 Å². The lowest BCUT2D eigenvalue weighted by molar-refractivity contribution is -0.123. The van der Waals surface area contributed by atoms with E-state index in [1.165, 1.54) is 6.08 Å². The van der Waals surface area contributed by atoms with E-state index in [1.54, 1.807) is 0 Å². The van der Waals surface area contributed by atoms with Crippen molar-refractivity contribution >= 4 is 39.2 Å². The number of para-hydroxylation sites is 2. The topological polar surface area (TPSA) is 91.3 Å². The molecule has 1 atom stereocenters. The average molecular weight is 398 g/mol. The third-order valence-corrected chi connectivity index (χ3v) is 6.03. The van der Waals surface area contributed by atoms with Crippen molar-refractivity contribution in [2.75, 3.05) is 0 Å². The molecule has 4 aromatic rings. The number of aryl methyl sites for hydroxylation is 1. The van der Waals surface area contributed by atoms with Gasteiger partial charge in [0.25, 0.3) is 11.8 Å². The second kappa shape index (κ2) is 6.16. The van der Waals surface area contributed by atoms with E-state index in [0.717, 1.165) is 38.8 Å². The summed E-state index contributed by atoms with van der Waals surface area (Å²) < 4.78 is 4.29. The number of carbonyl (C=O) groups excluding carboxylic acids is 2. The molecule has 2 aromatic heterocycles. The Hall–Kier alpha value is -3.68. The normalized spacial score (nSPS) is 18.3. The Morgan fingerprint density at radius 3 is 2.57 bits per heavy atom. The molecule has 6 rings (SSSR count). The Morgan fingerprint density at radius 1 is 1.03 bits per heavy atom. The van der Waals surface area contributed by atoms with Gasteiger partial charge in [-0.15, -0.1) is 0 Å². The van der Waals surface area contributed by atoms with Crippen molar-refractivity contribution in [3.8, 4) is 11.4 Å². The highest BCUT2D eigenvalue weighted by molar-refractivity contribution is 6.36. The van der Waals surface area contributed by atoms with E-state index in [0.29, 0.717) is 18.5 Å². The molecule has 0 spiro atoms. The lowest BCUT2D eigenvalue weighted by atomic mass is 10.0. The summed E-state index contributed by atoms with van der Waals surface area (Å²) in [5, 5.41) is 4.37. The SMILES string of the molecule is NOC1CCn2c(cc3ccccc32)-c2c(C3=CC(=O)NC3=O)c3ccccc3n21. The van der Waals surface area contributed by atoms with Gasteiger partial charge in [0, 0.05) is 40.9 Å². The van der Waals surface area contributed by atoms with Crippen LogP contribution in [0.4, 0.5) is 0 Å². The Labute approximate surface area is 171 Å². The number of benzene rings is 2. The molecule has 7 heteroatoms. The number of carbonyl (C=O) groups is 2. The number of rotatable bonds is 2. The van der Waals surface area contributed by atoms with Gasteiger partial charge < -0.3 is 9.13 Å². The molecule has 0 saturated heterocycles. The minimum absolute atomic E-state index is 0.361. The first-order chi connectivity index (χ1) is 14.7. The number of hydrogen-bond donors (Lipinski definition) is 2. The fourth-order valence-corrected chi connectivity index (χ4v) is 4.83. The Bertz CT molecular complexity index is 1410. The standard InChI is InChI=1S/C23H18N4O3/c24-30-20-9-10-26-16-7-3-1-5-13(16)11-18(26)22-21(15-12-19(28)25-23(15)29)14-6-2-4-8-17(14)27(20)22/h1-8,11-12,20H,9-10,24H2,(H,25,28,29). The molecule has 30 heavy (non-hydrogen) atoms. The fraction of sp³-hybridized carbons (Fsp3) is 0.130. The van der Waals surface area contributed by atoms with E-state index in [-0.39, 0.29) is 0 Å². The number of nitrogens with one attached hydrogen (secondary N) is 1. The quantitative estimate of drug-likeness (QED) is 0.401. The van der Waals surface area contributed by atoms with Gasteiger partial charge in [0.05, 0.1) is 22.5 Å². The molecule has 0 fully saturated rings. The molecule has 0 radical (unpaired) electrons. The van der Waals surface area contributed by atoms with Crippen molar-refractivity contribution < 1.29 is 14.4 Å². The zero-order valence-corrected chi connectivity index (χ0v) is 16.0. The summed E-state index contributed by atoms with van der Waals surface area (Å²) in [7, 11) is 0. The lowest BCUT2D eigenvalue weighted by Crippen LogP contribution is -2.22. The average Bonchev–Trinajstić information content (AvgIpc) is 3.36. The minimum Gasteiger partial charge on any atom is -0.339 e. The maximum atomic E-state index is 12.7. The van der Waals surface area contributed by atoms with Gasteiger partial charge in [0.1, 0.15) is 0 Å². The molecule has 148 valence electrons. The van der Waals surface area contributed by atoms with Crippen molar-refractivity contribution in [1.82, 2.24) is 14.5 Å². The van der Waals surface area contributed by atoms with Gasteiger partial charge in [-0.25, -0.2) is 5.90 Å². The van der Waals surface area contributed by atoms with E-state index < -0.39 is 18.0 Å². The highest BCUT2D eigenvalue weighted by Crippen LogP contribution is 2.44. The maximum Gasteiger partial charge on any atom is 0.259 e. The Balaban J connectivity index is 1.80. The van der Waals surface area contributed by atoms with Crippen LogP contribution in [0.1, 0.15) is 18.2 Å². The van der Waals surface area contributed by atoms with E-state index in [9.17, 15) is 9.59 Å². The summed E-state index contributed by atoms with van der Waals surface area (Å²) >= 11 is 0. The minimum atomic E-state index is -0.405. The summed E-state index contributed by atoms with van der Waals surface area (Å²) in [6, 6.07) is 18.1. The molecule has 3 N–H and O–H groups in total. The summed E-state index contributed by atoms with van der Waals surface area (Å²) in [5.74, 6) is 4.93. The summed E-state index contributed by atoms with van der Waals surface area (Å²) in [5.41, 5.74) is 4.89. The van der Waals surface area contributed by atoms with E-state index in [1.807, 2.05) is 36.4 Å². The molecule has 2 aromatic carbocycles. The predicted octanol–water partition coefficient (Wildman–Crippen LogP) is 3.10. The monoisotopic (exact) mass is 398 g/mol. The molecule has 7 nitrogen and oxygen atoms in total. The van der Waals surface area contributed by atoms with Crippen molar-refractivity contribution in [1.29, 1.82) is 0 Å². The molecule has 2 aliphatic rings. The van der Waals surface area contributed by atoms with Gasteiger partial charge >= 0.3 is 0 Å². The number of nitrogens with zero attached hydrogens (tertiary/aromatic N) is 2. The van der Waals surface area contributed by atoms with Crippen LogP contribution in [0, 0.1) is 0 Å². The van der Waals surface area contributed by atoms with E-state index >= 15 is 0 Å². The number of aromatic nitrogens is 2. The third kappa shape index (κ3) is 2.21. The highest BCUT2D eigenvalue weighted by Gasteiger charge is 2.34. The zero-order valence-electron chi connectivity index (χ0n) is 16.0. The molecule has 2 amide bonds. The van der Waals surface area contributed by atoms with Crippen molar-refractivity contribution in [3.63, 3.8) is 0 Å². The smallest absolute Gasteiger partial charge is 0.259 e. The highest BCUT2D eigenvalue weighted by atomic mass is 16.6. The molecule has 4 heterocycles. The molecule has 1 unspecified atom stereocenters. The Morgan fingerprint density at radius 2 is 1.80 bits per heavy atom. The maximum absolute atomic E-state index is 12.7. The third-order valence-electron chi connectivity index (χ3n) is 6.03. The van der Waals surface area contributed by atoms with Crippen molar-refractivity contribution in [3.05, 3.63) is 66.2 Å². The number of hydrogen-bond acceptors (Lipinski definition) is 4. The van der Waals surface area contributed by atoms with E-state index in [4.69, 9.17) is 10.7 Å². The molecular weight excluding hydrogens is 380 g/mol. The van der Waals surface area contributed by atoms with Crippen molar-refractivity contribution in [2.24, 2.45) is 5.90 Å². The van der Waals surface area contributed by atoms with Gasteiger partial charge in [0.15, 0.2) is 6.23 Å². The number of imide groups is 1. The first-order valence-electron chi connectivity index (χ1n) is 9.82. The number of nitrogens with two attached hydrogens (primary N) is 1. The summed E-state index contributed by atoms with van der Waals surface area (Å²) in [6.07, 6.45) is 1.64. The van der Waals surface area contributed by atoms with Gasteiger partial charge in [-0.05, 0) is 18.2 Å². The van der Waals surface area contributed by atoms with Crippen LogP contribution in [0.15, 0.2) is 60.7 Å². The first-order valence-corrected chi connectivity index (χ1v) is 9.82.